The molecule has 0 aliphatic carbocycles. The van der Waals surface area contributed by atoms with Crippen LogP contribution < -0.4 is 10.2 Å². The van der Waals surface area contributed by atoms with Gasteiger partial charge in [-0.2, -0.15) is 0 Å². The monoisotopic (exact) mass is 252 g/mol. The zero-order chi connectivity index (χ0) is 12.6. The van der Waals surface area contributed by atoms with Crippen molar-refractivity contribution in [1.82, 2.24) is 5.32 Å². The van der Waals surface area contributed by atoms with Crippen LogP contribution in [0.25, 0.3) is 0 Å². The van der Waals surface area contributed by atoms with Gasteiger partial charge in [0.1, 0.15) is 0 Å². The van der Waals surface area contributed by atoms with E-state index in [1.165, 1.54) is 11.3 Å². The predicted molar refractivity (Wildman–Crippen MR) is 75.2 cm³/mol. The number of anilines is 1. The van der Waals surface area contributed by atoms with Crippen LogP contribution in [0.3, 0.4) is 0 Å². The van der Waals surface area contributed by atoms with E-state index in [1.54, 1.807) is 0 Å². The summed E-state index contributed by atoms with van der Waals surface area (Å²) in [7, 11) is 2.02. The molecular weight excluding hydrogens is 232 g/mol. The van der Waals surface area contributed by atoms with Crippen molar-refractivity contribution < 1.29 is 0 Å². The van der Waals surface area contributed by atoms with Gasteiger partial charge in [-0.3, -0.25) is 0 Å². The lowest BCUT2D eigenvalue weighted by molar-refractivity contribution is 0.500. The fourth-order valence-electron chi connectivity index (χ4n) is 2.61. The van der Waals surface area contributed by atoms with Gasteiger partial charge in [-0.05, 0) is 51.6 Å². The molecule has 2 nitrogen and oxygen atoms in total. The first kappa shape index (κ1) is 12.7. The van der Waals surface area contributed by atoms with E-state index in [0.29, 0.717) is 18.0 Å². The number of likely N-dealkylation sites (N-methyl/N-ethyl adjacent to an activating group) is 1. The van der Waals surface area contributed by atoms with Crippen LogP contribution in [-0.4, -0.2) is 25.7 Å². The molecule has 0 spiro atoms. The first-order valence-corrected chi connectivity index (χ1v) is 6.65. The van der Waals surface area contributed by atoms with Crippen molar-refractivity contribution in [1.29, 1.82) is 0 Å². The molecule has 0 amide bonds. The third-order valence-electron chi connectivity index (χ3n) is 3.77. The molecule has 1 aliphatic rings. The third-order valence-corrected chi connectivity index (χ3v) is 4.01. The van der Waals surface area contributed by atoms with Crippen LogP contribution in [0.4, 0.5) is 5.69 Å². The van der Waals surface area contributed by atoms with E-state index in [-0.39, 0.29) is 0 Å². The van der Waals surface area contributed by atoms with E-state index in [2.05, 4.69) is 43.1 Å². The van der Waals surface area contributed by atoms with Gasteiger partial charge in [0.05, 0.1) is 0 Å². The summed E-state index contributed by atoms with van der Waals surface area (Å²) in [6.45, 7) is 7.80. The van der Waals surface area contributed by atoms with Crippen molar-refractivity contribution >= 4 is 17.3 Å². The lowest BCUT2D eigenvalue weighted by atomic mass is 9.95. The predicted octanol–water partition coefficient (Wildman–Crippen LogP) is 3.26. The Morgan fingerprint density at radius 1 is 1.35 bits per heavy atom. The van der Waals surface area contributed by atoms with E-state index in [1.807, 2.05) is 13.1 Å². The third kappa shape index (κ3) is 2.29. The molecule has 1 N–H and O–H groups in total. The highest BCUT2D eigenvalue weighted by Crippen LogP contribution is 2.40. The van der Waals surface area contributed by atoms with E-state index in [4.69, 9.17) is 11.6 Å². The molecule has 2 unspecified atom stereocenters. The number of rotatable bonds is 3. The summed E-state index contributed by atoms with van der Waals surface area (Å²) >= 11 is 6.12. The summed E-state index contributed by atoms with van der Waals surface area (Å²) in [6, 6.07) is 7.26. The van der Waals surface area contributed by atoms with Crippen LogP contribution in [-0.2, 0) is 0 Å². The zero-order valence-corrected chi connectivity index (χ0v) is 11.8. The molecule has 0 saturated carbocycles. The van der Waals surface area contributed by atoms with Crippen LogP contribution in [0.1, 0.15) is 32.3 Å². The van der Waals surface area contributed by atoms with Crippen molar-refractivity contribution in [2.45, 2.75) is 38.8 Å². The highest BCUT2D eigenvalue weighted by Gasteiger charge is 2.32. The highest BCUT2D eigenvalue weighted by atomic mass is 35.5. The van der Waals surface area contributed by atoms with Gasteiger partial charge < -0.3 is 10.2 Å². The van der Waals surface area contributed by atoms with Crippen molar-refractivity contribution in [2.75, 3.05) is 18.5 Å². The largest absolute Gasteiger partial charge is 0.368 e. The number of hydrogen-bond acceptors (Lipinski definition) is 2. The van der Waals surface area contributed by atoms with Crippen molar-refractivity contribution in [3.05, 3.63) is 28.8 Å². The number of nitrogens with one attached hydrogen (secondary N) is 1. The summed E-state index contributed by atoms with van der Waals surface area (Å²) in [6.07, 6.45) is 0. The second kappa shape index (κ2) is 4.87. The maximum Gasteiger partial charge on any atom is 0.0410 e. The smallest absolute Gasteiger partial charge is 0.0410 e. The van der Waals surface area contributed by atoms with Crippen LogP contribution in [0.15, 0.2) is 18.2 Å². The Morgan fingerprint density at radius 3 is 2.65 bits per heavy atom. The van der Waals surface area contributed by atoms with Gasteiger partial charge in [0.25, 0.3) is 0 Å². The first-order valence-electron chi connectivity index (χ1n) is 6.28. The molecule has 1 aromatic carbocycles. The molecule has 1 aromatic rings. The molecule has 1 heterocycles. The van der Waals surface area contributed by atoms with Gasteiger partial charge in [0.15, 0.2) is 0 Å². The summed E-state index contributed by atoms with van der Waals surface area (Å²) in [5.74, 6) is 0.524. The number of fused-ring (bicyclic) bond motifs is 1. The van der Waals surface area contributed by atoms with E-state index >= 15 is 0 Å². The molecule has 2 atom stereocenters. The fraction of sp³-hybridized carbons (Fsp3) is 0.571. The maximum atomic E-state index is 6.12. The number of nitrogens with zero attached hydrogens (tertiary/aromatic N) is 1. The molecule has 0 fully saturated rings. The SMILES string of the molecule is CNC(C)C1CN(C(C)C)c2ccc(Cl)cc21. The molecule has 2 rings (SSSR count). The van der Waals surface area contributed by atoms with Crippen LogP contribution in [0.5, 0.6) is 0 Å². The Hall–Kier alpha value is -0.730. The summed E-state index contributed by atoms with van der Waals surface area (Å²) < 4.78 is 0. The standard InChI is InChI=1S/C14H21ClN2/c1-9(2)17-8-13(10(3)16-4)12-7-11(15)5-6-14(12)17/h5-7,9-10,13,16H,8H2,1-4H3. The molecule has 17 heavy (non-hydrogen) atoms. The minimum Gasteiger partial charge on any atom is -0.368 e. The summed E-state index contributed by atoms with van der Waals surface area (Å²) in [4.78, 5) is 2.46. The van der Waals surface area contributed by atoms with Crippen LogP contribution in [0, 0.1) is 0 Å². The average molecular weight is 253 g/mol. The second-order valence-electron chi connectivity index (χ2n) is 5.13. The van der Waals surface area contributed by atoms with E-state index < -0.39 is 0 Å². The lowest BCUT2D eigenvalue weighted by Gasteiger charge is -2.25. The lowest BCUT2D eigenvalue weighted by Crippen LogP contribution is -2.35. The molecule has 0 aromatic heterocycles. The van der Waals surface area contributed by atoms with Crippen LogP contribution in [0.2, 0.25) is 5.02 Å². The molecule has 1 aliphatic heterocycles. The first-order chi connectivity index (χ1) is 8.04. The molecule has 3 heteroatoms. The highest BCUT2D eigenvalue weighted by molar-refractivity contribution is 6.30. The van der Waals surface area contributed by atoms with Crippen molar-refractivity contribution in [2.24, 2.45) is 0 Å². The molecule has 0 bridgehead atoms. The molecular formula is C14H21ClN2. The minimum atomic E-state index is 0.468. The molecule has 0 saturated heterocycles. The summed E-state index contributed by atoms with van der Waals surface area (Å²) in [5.41, 5.74) is 2.73. The minimum absolute atomic E-state index is 0.468. The van der Waals surface area contributed by atoms with Crippen molar-refractivity contribution in [3.63, 3.8) is 0 Å². The summed E-state index contributed by atoms with van der Waals surface area (Å²) in [5, 5.41) is 4.19. The van der Waals surface area contributed by atoms with E-state index in [9.17, 15) is 0 Å². The molecule has 0 radical (unpaired) electrons. The molecule has 94 valence electrons. The zero-order valence-electron chi connectivity index (χ0n) is 11.0. The maximum absolute atomic E-state index is 6.12. The quantitative estimate of drug-likeness (QED) is 0.888. The second-order valence-corrected chi connectivity index (χ2v) is 5.57. The van der Waals surface area contributed by atoms with Gasteiger partial charge in [-0.25, -0.2) is 0 Å². The van der Waals surface area contributed by atoms with Gasteiger partial charge in [-0.15, -0.1) is 0 Å². The Bertz CT molecular complexity index is 403. The topological polar surface area (TPSA) is 15.3 Å². The van der Waals surface area contributed by atoms with Gasteiger partial charge in [0.2, 0.25) is 0 Å². The van der Waals surface area contributed by atoms with Crippen LogP contribution >= 0.6 is 11.6 Å². The Labute approximate surface area is 109 Å². The van der Waals surface area contributed by atoms with Gasteiger partial charge in [0, 0.05) is 35.3 Å². The number of halogens is 1. The normalized spacial score (nSPS) is 20.8. The van der Waals surface area contributed by atoms with Crippen molar-refractivity contribution in [3.8, 4) is 0 Å². The van der Waals surface area contributed by atoms with E-state index in [0.717, 1.165) is 11.6 Å². The Kier molecular flexibility index (Phi) is 3.64. The average Bonchev–Trinajstić information content (AvgIpc) is 2.66. The Balaban J connectivity index is 2.41. The number of benzene rings is 1. The Morgan fingerprint density at radius 2 is 2.06 bits per heavy atom. The van der Waals surface area contributed by atoms with Gasteiger partial charge >= 0.3 is 0 Å². The fourth-order valence-corrected chi connectivity index (χ4v) is 2.79. The number of hydrogen-bond donors (Lipinski definition) is 1. The van der Waals surface area contributed by atoms with Gasteiger partial charge in [-0.1, -0.05) is 11.6 Å².